The van der Waals surface area contributed by atoms with Crippen LogP contribution in [0.1, 0.15) is 30.1 Å². The highest BCUT2D eigenvalue weighted by molar-refractivity contribution is 6.35. The molecule has 0 amide bonds. The summed E-state index contributed by atoms with van der Waals surface area (Å²) in [4.78, 5) is 33.1. The van der Waals surface area contributed by atoms with Crippen LogP contribution in [0.4, 0.5) is 8.78 Å². The van der Waals surface area contributed by atoms with Gasteiger partial charge in [-0.2, -0.15) is 0 Å². The Morgan fingerprint density at radius 2 is 2.04 bits per heavy atom. The third kappa shape index (κ3) is 3.88. The molecule has 1 fully saturated rings. The summed E-state index contributed by atoms with van der Waals surface area (Å²) < 4.78 is 31.7. The van der Waals surface area contributed by atoms with E-state index in [0.717, 1.165) is 25.0 Å². The molecule has 0 aliphatic heterocycles. The van der Waals surface area contributed by atoms with Gasteiger partial charge in [-0.1, -0.05) is 11.6 Å². The van der Waals surface area contributed by atoms with Crippen molar-refractivity contribution in [3.05, 3.63) is 40.6 Å². The van der Waals surface area contributed by atoms with Gasteiger partial charge < -0.3 is 4.74 Å². The summed E-state index contributed by atoms with van der Waals surface area (Å²) in [7, 11) is 0. The van der Waals surface area contributed by atoms with Crippen molar-refractivity contribution in [1.29, 1.82) is 0 Å². The average Bonchev–Trinajstić information content (AvgIpc) is 3.40. The van der Waals surface area contributed by atoms with Gasteiger partial charge in [0.1, 0.15) is 5.15 Å². The number of hydrogen-bond donors (Lipinski definition) is 0. The van der Waals surface area contributed by atoms with Gasteiger partial charge in [-0.15, -0.1) is 0 Å². The molecule has 1 heterocycles. The number of ether oxygens (including phenoxy) is 1. The number of fused-ring (bicyclic) bond motifs is 1. The van der Waals surface area contributed by atoms with Crippen molar-refractivity contribution in [2.45, 2.75) is 25.8 Å². The van der Waals surface area contributed by atoms with Crippen molar-refractivity contribution >= 4 is 40.5 Å². The maximum absolute atomic E-state index is 13.5. The molecule has 0 spiro atoms. The molecular weight excluding hydrogens is 366 g/mol. The maximum Gasteiger partial charge on any atom is 0.322 e. The predicted octanol–water partition coefficient (Wildman–Crippen LogP) is 3.76. The van der Waals surface area contributed by atoms with E-state index < -0.39 is 29.3 Å². The van der Waals surface area contributed by atoms with Gasteiger partial charge in [-0.25, -0.2) is 13.8 Å². The third-order valence-electron chi connectivity index (χ3n) is 3.89. The Hall–Kier alpha value is -2.41. The third-order valence-corrected chi connectivity index (χ3v) is 4.18. The van der Waals surface area contributed by atoms with Gasteiger partial charge in [0.05, 0.1) is 17.7 Å². The zero-order chi connectivity index (χ0) is 18.8. The molecule has 5 nitrogen and oxygen atoms in total. The largest absolute Gasteiger partial charge is 0.465 e. The van der Waals surface area contributed by atoms with Crippen molar-refractivity contribution < 1.29 is 23.1 Å². The lowest BCUT2D eigenvalue weighted by molar-refractivity contribution is -0.143. The number of hydrogen-bond acceptors (Lipinski definition) is 5. The molecule has 2 aromatic rings. The first-order valence-electron chi connectivity index (χ1n) is 8.10. The highest BCUT2D eigenvalue weighted by atomic mass is 35.5. The lowest BCUT2D eigenvalue weighted by Gasteiger charge is -2.12. The molecule has 1 aliphatic rings. The highest BCUT2D eigenvalue weighted by Crippen LogP contribution is 2.26. The van der Waals surface area contributed by atoms with Crippen LogP contribution in [0, 0.1) is 17.6 Å². The number of benzene rings is 1. The van der Waals surface area contributed by atoms with E-state index in [1.54, 1.807) is 6.92 Å². The number of ketones is 1. The summed E-state index contributed by atoms with van der Waals surface area (Å²) in [5.41, 5.74) is 0.0234. The molecule has 0 bridgehead atoms. The fourth-order valence-electron chi connectivity index (χ4n) is 2.38. The van der Waals surface area contributed by atoms with Crippen LogP contribution in [-0.4, -0.2) is 35.6 Å². The first-order valence-corrected chi connectivity index (χ1v) is 8.48. The number of esters is 1. The molecule has 1 aliphatic carbocycles. The van der Waals surface area contributed by atoms with Crippen molar-refractivity contribution in [2.75, 3.05) is 6.61 Å². The summed E-state index contributed by atoms with van der Waals surface area (Å²) in [5.74, 6) is -4.81. The molecule has 1 aromatic carbocycles. The number of Topliss-reactive ketones (excluding diaryl/α,β-unsaturated/α-hetero) is 1. The Kier molecular flexibility index (Phi) is 5.27. The molecule has 26 heavy (non-hydrogen) atoms. The van der Waals surface area contributed by atoms with Crippen LogP contribution in [0.2, 0.25) is 5.15 Å². The van der Waals surface area contributed by atoms with E-state index in [4.69, 9.17) is 16.3 Å². The Morgan fingerprint density at radius 1 is 1.35 bits per heavy atom. The summed E-state index contributed by atoms with van der Waals surface area (Å²) in [6.07, 6.45) is 3.08. The lowest BCUT2D eigenvalue weighted by atomic mass is 9.98. The van der Waals surface area contributed by atoms with Crippen molar-refractivity contribution in [3.8, 4) is 0 Å². The minimum absolute atomic E-state index is 0.0783. The number of carbonyl (C=O) groups is 2. The van der Waals surface area contributed by atoms with E-state index in [1.165, 1.54) is 12.3 Å². The molecule has 1 aromatic heterocycles. The Bertz CT molecular complexity index is 913. The minimum atomic E-state index is -1.27. The van der Waals surface area contributed by atoms with Gasteiger partial charge in [-0.05, 0) is 31.9 Å². The smallest absolute Gasteiger partial charge is 0.322 e. The van der Waals surface area contributed by atoms with E-state index in [1.807, 2.05) is 0 Å². The normalized spacial score (nSPS) is 15.4. The quantitative estimate of drug-likeness (QED) is 0.251. The fourth-order valence-corrected chi connectivity index (χ4v) is 2.62. The van der Waals surface area contributed by atoms with Crippen LogP contribution in [0.25, 0.3) is 10.9 Å². The SMILES string of the molecule is CCOC(=O)C(C=NC1CC1)C(=O)c1cc2cc(F)c(F)cc2nc1Cl. The van der Waals surface area contributed by atoms with Crippen LogP contribution in [0.3, 0.4) is 0 Å². The maximum atomic E-state index is 13.5. The van der Waals surface area contributed by atoms with E-state index in [9.17, 15) is 18.4 Å². The van der Waals surface area contributed by atoms with Crippen LogP contribution >= 0.6 is 11.6 Å². The van der Waals surface area contributed by atoms with Crippen LogP contribution < -0.4 is 0 Å². The zero-order valence-corrected chi connectivity index (χ0v) is 14.6. The highest BCUT2D eigenvalue weighted by Gasteiger charge is 2.31. The number of halogens is 3. The summed E-state index contributed by atoms with van der Waals surface area (Å²) >= 11 is 6.05. The average molecular weight is 381 g/mol. The first-order chi connectivity index (χ1) is 12.4. The van der Waals surface area contributed by atoms with E-state index in [-0.39, 0.29) is 34.3 Å². The Balaban J connectivity index is 2.00. The first kappa shape index (κ1) is 18.4. The summed E-state index contributed by atoms with van der Waals surface area (Å²) in [6, 6.07) is 3.21. The molecule has 1 saturated carbocycles. The molecule has 3 rings (SSSR count). The Labute approximate surface area is 153 Å². The predicted molar refractivity (Wildman–Crippen MR) is 92.6 cm³/mol. The molecular formula is C18H15ClF2N2O3. The van der Waals surface area contributed by atoms with Crippen molar-refractivity contribution in [2.24, 2.45) is 10.9 Å². The van der Waals surface area contributed by atoms with Gasteiger partial charge >= 0.3 is 5.97 Å². The number of pyridine rings is 1. The lowest BCUT2D eigenvalue weighted by Crippen LogP contribution is -2.28. The van der Waals surface area contributed by atoms with Crippen LogP contribution in [0.15, 0.2) is 23.2 Å². The molecule has 0 radical (unpaired) electrons. The van der Waals surface area contributed by atoms with Crippen molar-refractivity contribution in [1.82, 2.24) is 4.98 Å². The van der Waals surface area contributed by atoms with E-state index >= 15 is 0 Å². The van der Waals surface area contributed by atoms with Crippen LogP contribution in [-0.2, 0) is 9.53 Å². The van der Waals surface area contributed by atoms with E-state index in [2.05, 4.69) is 9.98 Å². The second-order valence-corrected chi connectivity index (χ2v) is 6.27. The topological polar surface area (TPSA) is 68.6 Å². The number of nitrogens with zero attached hydrogens (tertiary/aromatic N) is 2. The van der Waals surface area contributed by atoms with Gasteiger partial charge in [0, 0.05) is 23.7 Å². The number of aliphatic imine (C=N–C) groups is 1. The monoisotopic (exact) mass is 380 g/mol. The standard InChI is InChI=1S/C18H15ClF2N2O3/c1-2-26-18(25)12(8-22-10-3-4-10)16(24)11-5-9-6-13(20)14(21)7-15(9)23-17(11)19/h5-8,10,12H,2-4H2,1H3. The van der Waals surface area contributed by atoms with Gasteiger partial charge in [0.25, 0.3) is 0 Å². The second kappa shape index (κ2) is 7.45. The van der Waals surface area contributed by atoms with Gasteiger partial charge in [0.15, 0.2) is 23.3 Å². The molecule has 1 unspecified atom stereocenters. The molecule has 1 atom stereocenters. The number of aromatic nitrogens is 1. The molecule has 0 N–H and O–H groups in total. The number of carbonyl (C=O) groups excluding carboxylic acids is 2. The Morgan fingerprint density at radius 3 is 2.69 bits per heavy atom. The van der Waals surface area contributed by atoms with E-state index in [0.29, 0.717) is 0 Å². The van der Waals surface area contributed by atoms with Gasteiger partial charge in [0.2, 0.25) is 0 Å². The minimum Gasteiger partial charge on any atom is -0.465 e. The molecule has 136 valence electrons. The molecule has 0 saturated heterocycles. The van der Waals surface area contributed by atoms with Crippen molar-refractivity contribution in [3.63, 3.8) is 0 Å². The number of rotatable bonds is 6. The summed E-state index contributed by atoms with van der Waals surface area (Å²) in [6.45, 7) is 1.73. The summed E-state index contributed by atoms with van der Waals surface area (Å²) in [5, 5.41) is -0.0129. The molecule has 8 heteroatoms. The van der Waals surface area contributed by atoms with Gasteiger partial charge in [-0.3, -0.25) is 14.6 Å². The second-order valence-electron chi connectivity index (χ2n) is 5.91. The fraction of sp³-hybridized carbons (Fsp3) is 0.333. The van der Waals surface area contributed by atoms with Crippen LogP contribution in [0.5, 0.6) is 0 Å². The zero-order valence-electron chi connectivity index (χ0n) is 13.8.